The van der Waals surface area contributed by atoms with Crippen molar-refractivity contribution < 1.29 is 23.8 Å². The number of rotatable bonds is 11. The van der Waals surface area contributed by atoms with Gasteiger partial charge in [-0.05, 0) is 68.0 Å². The third-order valence-corrected chi connectivity index (χ3v) is 7.33. The molecule has 0 radical (unpaired) electrons. The van der Waals surface area contributed by atoms with Crippen LogP contribution in [0.25, 0.3) is 0 Å². The molecule has 1 saturated heterocycles. The van der Waals surface area contributed by atoms with Gasteiger partial charge < -0.3 is 19.1 Å². The van der Waals surface area contributed by atoms with Crippen LogP contribution in [-0.2, 0) is 25.7 Å². The summed E-state index contributed by atoms with van der Waals surface area (Å²) in [6.45, 7) is 3.70. The van der Waals surface area contributed by atoms with Gasteiger partial charge in [0.15, 0.2) is 0 Å². The van der Waals surface area contributed by atoms with Crippen LogP contribution in [0.4, 0.5) is 0 Å². The van der Waals surface area contributed by atoms with E-state index in [-0.39, 0.29) is 25.0 Å². The molecule has 2 aliphatic heterocycles. The summed E-state index contributed by atoms with van der Waals surface area (Å²) in [4.78, 5) is 28.3. The number of carbonyl (C=O) groups excluding carboxylic acids is 2. The highest BCUT2D eigenvalue weighted by Crippen LogP contribution is 2.38. The number of ether oxygens (including phenoxy) is 3. The Bertz CT molecular complexity index is 1090. The number of amides is 1. The van der Waals surface area contributed by atoms with E-state index in [0.717, 1.165) is 42.6 Å². The van der Waals surface area contributed by atoms with Crippen LogP contribution in [-0.4, -0.2) is 48.5 Å². The molecule has 0 aliphatic carbocycles. The number of benzene rings is 2. The Morgan fingerprint density at radius 1 is 1.11 bits per heavy atom. The van der Waals surface area contributed by atoms with Gasteiger partial charge in [-0.15, -0.1) is 11.6 Å². The first kappa shape index (κ1) is 27.5. The molecule has 2 aromatic carbocycles. The molecule has 0 bridgehead atoms. The average molecular weight is 546 g/mol. The van der Waals surface area contributed by atoms with Gasteiger partial charge in [0.1, 0.15) is 12.4 Å². The summed E-state index contributed by atoms with van der Waals surface area (Å²) in [5, 5.41) is 0.599. The molecule has 4 rings (SSSR count). The Balaban J connectivity index is 1.49. The lowest BCUT2D eigenvalue weighted by Gasteiger charge is -2.35. The lowest BCUT2D eigenvalue weighted by atomic mass is 9.83. The van der Waals surface area contributed by atoms with E-state index in [1.54, 1.807) is 17.0 Å². The summed E-state index contributed by atoms with van der Waals surface area (Å²) in [6, 6.07) is 14.8. The molecule has 0 N–H and O–H groups in total. The molecular weight excluding hydrogens is 513 g/mol. The number of allylic oxidation sites excluding steroid dienone is 1. The number of halogens is 2. The first-order valence-corrected chi connectivity index (χ1v) is 13.7. The SMILES string of the molecule is CC1=C(C(=O)OCc2ccc(OCCCCCl)cc2)[C@H](c2ccc(Cl)cc2)CC(=O)N1C[C@H]1CCCO1. The molecule has 0 aromatic heterocycles. The lowest BCUT2D eigenvalue weighted by Crippen LogP contribution is -2.42. The van der Waals surface area contributed by atoms with Crippen molar-refractivity contribution in [2.24, 2.45) is 0 Å². The highest BCUT2D eigenvalue weighted by Gasteiger charge is 2.38. The zero-order valence-electron chi connectivity index (χ0n) is 21.1. The van der Waals surface area contributed by atoms with Gasteiger partial charge in [0.25, 0.3) is 0 Å². The Labute approximate surface area is 228 Å². The van der Waals surface area contributed by atoms with Gasteiger partial charge in [0.05, 0.1) is 24.8 Å². The zero-order valence-corrected chi connectivity index (χ0v) is 22.6. The number of alkyl halides is 1. The lowest BCUT2D eigenvalue weighted by molar-refractivity contribution is -0.141. The van der Waals surface area contributed by atoms with E-state index in [1.807, 2.05) is 43.3 Å². The Morgan fingerprint density at radius 3 is 2.54 bits per heavy atom. The molecular formula is C29H33Cl2NO5. The predicted octanol–water partition coefficient (Wildman–Crippen LogP) is 6.25. The van der Waals surface area contributed by atoms with Crippen molar-refractivity contribution in [2.75, 3.05) is 25.6 Å². The summed E-state index contributed by atoms with van der Waals surface area (Å²) >= 11 is 11.8. The van der Waals surface area contributed by atoms with Crippen LogP contribution in [0.2, 0.25) is 5.02 Å². The number of esters is 1. The van der Waals surface area contributed by atoms with Gasteiger partial charge in [-0.3, -0.25) is 4.79 Å². The standard InChI is InChI=1S/C29H33Cl2NO5/c1-20-28(29(34)37-19-21-6-12-24(13-7-21)35-15-3-2-14-30)26(22-8-10-23(31)11-9-22)17-27(33)32(20)18-25-5-4-16-36-25/h6-13,25-26H,2-5,14-19H2,1H3/t25-,26+/m1/s1. The van der Waals surface area contributed by atoms with Gasteiger partial charge in [-0.2, -0.15) is 0 Å². The van der Waals surface area contributed by atoms with E-state index in [2.05, 4.69) is 0 Å². The summed E-state index contributed by atoms with van der Waals surface area (Å²) < 4.78 is 17.2. The maximum atomic E-state index is 13.5. The molecule has 0 unspecified atom stereocenters. The molecule has 37 heavy (non-hydrogen) atoms. The van der Waals surface area contributed by atoms with Gasteiger partial charge in [0.2, 0.25) is 5.91 Å². The molecule has 2 aromatic rings. The van der Waals surface area contributed by atoms with Crippen LogP contribution >= 0.6 is 23.2 Å². The van der Waals surface area contributed by atoms with Crippen LogP contribution < -0.4 is 4.74 Å². The van der Waals surface area contributed by atoms with E-state index >= 15 is 0 Å². The van der Waals surface area contributed by atoms with Crippen molar-refractivity contribution in [1.29, 1.82) is 0 Å². The molecule has 1 fully saturated rings. The summed E-state index contributed by atoms with van der Waals surface area (Å²) in [5.41, 5.74) is 2.83. The van der Waals surface area contributed by atoms with Gasteiger partial charge in [-0.25, -0.2) is 4.79 Å². The minimum Gasteiger partial charge on any atom is -0.494 e. The van der Waals surface area contributed by atoms with E-state index in [0.29, 0.717) is 41.9 Å². The van der Waals surface area contributed by atoms with Gasteiger partial charge in [-0.1, -0.05) is 35.9 Å². The van der Waals surface area contributed by atoms with Crippen LogP contribution in [0, 0.1) is 0 Å². The summed E-state index contributed by atoms with van der Waals surface area (Å²) in [6.07, 6.45) is 3.88. The normalized spacial score (nSPS) is 19.9. The maximum Gasteiger partial charge on any atom is 0.336 e. The summed E-state index contributed by atoms with van der Waals surface area (Å²) in [5.74, 6) is 0.543. The highest BCUT2D eigenvalue weighted by atomic mass is 35.5. The molecule has 1 amide bonds. The topological polar surface area (TPSA) is 65.1 Å². The highest BCUT2D eigenvalue weighted by molar-refractivity contribution is 6.30. The predicted molar refractivity (Wildman–Crippen MR) is 144 cm³/mol. The minimum absolute atomic E-state index is 0.0149. The number of carbonyl (C=O) groups is 2. The fourth-order valence-electron chi connectivity index (χ4n) is 4.77. The maximum absolute atomic E-state index is 13.5. The zero-order chi connectivity index (χ0) is 26.2. The molecule has 2 atom stereocenters. The van der Waals surface area contributed by atoms with Crippen molar-refractivity contribution in [1.82, 2.24) is 4.90 Å². The summed E-state index contributed by atoms with van der Waals surface area (Å²) in [7, 11) is 0. The van der Waals surface area contributed by atoms with E-state index < -0.39 is 11.9 Å². The molecule has 0 saturated carbocycles. The molecule has 198 valence electrons. The Morgan fingerprint density at radius 2 is 1.86 bits per heavy atom. The first-order valence-electron chi connectivity index (χ1n) is 12.8. The van der Waals surface area contributed by atoms with E-state index in [1.165, 1.54) is 0 Å². The first-order chi connectivity index (χ1) is 18.0. The van der Waals surface area contributed by atoms with Crippen molar-refractivity contribution in [2.45, 2.75) is 57.7 Å². The van der Waals surface area contributed by atoms with Crippen molar-refractivity contribution in [3.63, 3.8) is 0 Å². The fraction of sp³-hybridized carbons (Fsp3) is 0.448. The van der Waals surface area contributed by atoms with Crippen molar-refractivity contribution in [3.8, 4) is 5.75 Å². The molecule has 8 heteroatoms. The molecule has 0 spiro atoms. The second kappa shape index (κ2) is 13.3. The fourth-order valence-corrected chi connectivity index (χ4v) is 5.08. The smallest absolute Gasteiger partial charge is 0.336 e. The monoisotopic (exact) mass is 545 g/mol. The van der Waals surface area contributed by atoms with Crippen molar-refractivity contribution >= 4 is 35.1 Å². The molecule has 2 aliphatic rings. The molecule has 6 nitrogen and oxygen atoms in total. The number of hydrogen-bond acceptors (Lipinski definition) is 5. The average Bonchev–Trinajstić information content (AvgIpc) is 3.42. The van der Waals surface area contributed by atoms with E-state index in [4.69, 9.17) is 37.4 Å². The van der Waals surface area contributed by atoms with Crippen LogP contribution in [0.3, 0.4) is 0 Å². The third kappa shape index (κ3) is 7.28. The van der Waals surface area contributed by atoms with Gasteiger partial charge in [0, 0.05) is 35.5 Å². The number of nitrogens with zero attached hydrogens (tertiary/aromatic N) is 1. The van der Waals surface area contributed by atoms with Crippen LogP contribution in [0.5, 0.6) is 5.75 Å². The van der Waals surface area contributed by atoms with Crippen LogP contribution in [0.15, 0.2) is 59.8 Å². The molecule has 2 heterocycles. The minimum atomic E-state index is -0.427. The Hall–Kier alpha value is -2.54. The third-order valence-electron chi connectivity index (χ3n) is 6.82. The number of unbranched alkanes of at least 4 members (excludes halogenated alkanes) is 1. The largest absolute Gasteiger partial charge is 0.494 e. The Kier molecular flexibility index (Phi) is 9.89. The second-order valence-electron chi connectivity index (χ2n) is 9.41. The second-order valence-corrected chi connectivity index (χ2v) is 10.2. The van der Waals surface area contributed by atoms with Gasteiger partial charge >= 0.3 is 5.97 Å². The van der Waals surface area contributed by atoms with Crippen LogP contribution in [0.1, 0.15) is 56.1 Å². The quantitative estimate of drug-likeness (QED) is 0.189. The van der Waals surface area contributed by atoms with E-state index in [9.17, 15) is 9.59 Å². The van der Waals surface area contributed by atoms with Crippen molar-refractivity contribution in [3.05, 3.63) is 76.0 Å². The number of hydrogen-bond donors (Lipinski definition) is 0.